The summed E-state index contributed by atoms with van der Waals surface area (Å²) in [7, 11) is -3.27. The normalized spacial score (nSPS) is 16.9. The van der Waals surface area contributed by atoms with Gasteiger partial charge in [-0.3, -0.25) is 9.59 Å². The zero-order valence-electron chi connectivity index (χ0n) is 16.5. The summed E-state index contributed by atoms with van der Waals surface area (Å²) < 4.78 is 35.8. The smallest absolute Gasteiger partial charge is 0.318 e. The van der Waals surface area contributed by atoms with Gasteiger partial charge in [0.25, 0.3) is 5.91 Å². The van der Waals surface area contributed by atoms with E-state index in [4.69, 9.17) is 9.47 Å². The van der Waals surface area contributed by atoms with Gasteiger partial charge in [0.15, 0.2) is 6.61 Å². The summed E-state index contributed by atoms with van der Waals surface area (Å²) in [6.45, 7) is 0.622. The summed E-state index contributed by atoms with van der Waals surface area (Å²) in [5.41, 5.74) is 1.38. The molecule has 1 amide bonds. The minimum absolute atomic E-state index is 0.235. The third-order valence-electron chi connectivity index (χ3n) is 5.31. The number of carbonyl (C=O) groups is 2. The maximum Gasteiger partial charge on any atom is 0.318 e. The highest BCUT2D eigenvalue weighted by atomic mass is 32.2. The molecule has 0 aromatic heterocycles. The number of ether oxygens (including phenoxy) is 2. The molecule has 8 nitrogen and oxygen atoms in total. The van der Waals surface area contributed by atoms with Crippen molar-refractivity contribution in [3.05, 3.63) is 59.7 Å². The molecule has 2 aromatic carbocycles. The number of esters is 1. The molecule has 0 spiro atoms. The Labute approximate surface area is 175 Å². The molecule has 9 heteroatoms. The lowest BCUT2D eigenvalue weighted by molar-refractivity contribution is -0.153. The van der Waals surface area contributed by atoms with Crippen LogP contribution in [-0.2, 0) is 24.3 Å². The fourth-order valence-electron chi connectivity index (χ4n) is 3.74. The molecule has 30 heavy (non-hydrogen) atoms. The predicted molar refractivity (Wildman–Crippen MR) is 109 cm³/mol. The van der Waals surface area contributed by atoms with Crippen LogP contribution in [0, 0.1) is 0 Å². The zero-order valence-corrected chi connectivity index (χ0v) is 17.3. The van der Waals surface area contributed by atoms with E-state index in [-0.39, 0.29) is 38.7 Å². The molecule has 4 rings (SSSR count). The minimum Gasteiger partial charge on any atom is -0.457 e. The van der Waals surface area contributed by atoms with Crippen molar-refractivity contribution in [3.8, 4) is 11.5 Å². The van der Waals surface area contributed by atoms with Gasteiger partial charge in [0.2, 0.25) is 10.0 Å². The van der Waals surface area contributed by atoms with E-state index in [0.717, 1.165) is 6.26 Å². The van der Waals surface area contributed by atoms with Gasteiger partial charge in [0.1, 0.15) is 17.4 Å². The van der Waals surface area contributed by atoms with Crippen LogP contribution in [0.1, 0.15) is 17.0 Å². The van der Waals surface area contributed by atoms with E-state index in [1.807, 2.05) is 36.4 Å². The first kappa shape index (κ1) is 20.4. The number of fused-ring (bicyclic) bond motifs is 2. The van der Waals surface area contributed by atoms with Gasteiger partial charge in [-0.25, -0.2) is 8.42 Å². The zero-order chi connectivity index (χ0) is 21.3. The monoisotopic (exact) mass is 430 g/mol. The number of sulfonamides is 1. The molecule has 0 N–H and O–H groups in total. The number of carbonyl (C=O) groups excluding carboxylic acids is 2. The molecule has 0 saturated carbocycles. The van der Waals surface area contributed by atoms with Gasteiger partial charge in [0, 0.05) is 37.3 Å². The van der Waals surface area contributed by atoms with Crippen LogP contribution >= 0.6 is 0 Å². The molecule has 1 fully saturated rings. The summed E-state index contributed by atoms with van der Waals surface area (Å²) in [5.74, 6) is -0.379. The van der Waals surface area contributed by atoms with Crippen LogP contribution in [0.25, 0.3) is 0 Å². The number of amides is 1. The van der Waals surface area contributed by atoms with Gasteiger partial charge in [-0.2, -0.15) is 4.31 Å². The fourth-order valence-corrected chi connectivity index (χ4v) is 4.57. The number of hydrogen-bond donors (Lipinski definition) is 0. The Kier molecular flexibility index (Phi) is 5.48. The number of hydrogen-bond acceptors (Lipinski definition) is 6. The van der Waals surface area contributed by atoms with Crippen LogP contribution in [0.5, 0.6) is 11.5 Å². The first-order chi connectivity index (χ1) is 14.3. The molecule has 2 aromatic rings. The molecule has 158 valence electrons. The molecular formula is C21H22N2O6S. The summed E-state index contributed by atoms with van der Waals surface area (Å²) in [5, 5.41) is 0. The third kappa shape index (κ3) is 4.03. The van der Waals surface area contributed by atoms with E-state index in [1.54, 1.807) is 12.1 Å². The van der Waals surface area contributed by atoms with E-state index in [2.05, 4.69) is 0 Å². The van der Waals surface area contributed by atoms with Crippen LogP contribution in [0.2, 0.25) is 0 Å². The minimum atomic E-state index is -3.27. The maximum atomic E-state index is 13.0. The van der Waals surface area contributed by atoms with Crippen LogP contribution < -0.4 is 4.74 Å². The molecular weight excluding hydrogens is 408 g/mol. The molecule has 2 aliphatic rings. The number of rotatable bonds is 4. The molecule has 0 atom stereocenters. The Morgan fingerprint density at radius 2 is 1.50 bits per heavy atom. The van der Waals surface area contributed by atoms with E-state index in [1.165, 1.54) is 9.21 Å². The number of nitrogens with zero attached hydrogens (tertiary/aromatic N) is 2. The van der Waals surface area contributed by atoms with Gasteiger partial charge >= 0.3 is 5.97 Å². The summed E-state index contributed by atoms with van der Waals surface area (Å²) in [6, 6.07) is 14.5. The van der Waals surface area contributed by atoms with E-state index >= 15 is 0 Å². The second kappa shape index (κ2) is 8.08. The van der Waals surface area contributed by atoms with Crippen molar-refractivity contribution in [2.45, 2.75) is 5.92 Å². The summed E-state index contributed by atoms with van der Waals surface area (Å²) >= 11 is 0. The highest BCUT2D eigenvalue weighted by Gasteiger charge is 2.34. The first-order valence-electron chi connectivity index (χ1n) is 9.60. The highest BCUT2D eigenvalue weighted by molar-refractivity contribution is 7.88. The van der Waals surface area contributed by atoms with Crippen molar-refractivity contribution in [1.82, 2.24) is 9.21 Å². The molecule has 0 radical (unpaired) electrons. The molecule has 2 heterocycles. The predicted octanol–water partition coefficient (Wildman–Crippen LogP) is 1.57. The van der Waals surface area contributed by atoms with E-state index < -0.39 is 21.9 Å². The van der Waals surface area contributed by atoms with Gasteiger partial charge in [-0.1, -0.05) is 36.4 Å². The van der Waals surface area contributed by atoms with Crippen LogP contribution in [-0.4, -0.2) is 68.5 Å². The average Bonchev–Trinajstić information content (AvgIpc) is 2.75. The number of para-hydroxylation sites is 2. The van der Waals surface area contributed by atoms with Crippen LogP contribution in [0.15, 0.2) is 48.5 Å². The van der Waals surface area contributed by atoms with E-state index in [0.29, 0.717) is 22.6 Å². The van der Waals surface area contributed by atoms with E-state index in [9.17, 15) is 18.0 Å². The summed E-state index contributed by atoms with van der Waals surface area (Å²) in [6.07, 6.45) is 1.15. The van der Waals surface area contributed by atoms with Crippen LogP contribution in [0.3, 0.4) is 0 Å². The molecule has 0 unspecified atom stereocenters. The lowest BCUT2D eigenvalue weighted by Crippen LogP contribution is -2.51. The second-order valence-electron chi connectivity index (χ2n) is 7.26. The molecule has 0 bridgehead atoms. The Morgan fingerprint density at radius 1 is 0.967 bits per heavy atom. The number of piperazine rings is 1. The Morgan fingerprint density at radius 3 is 2.03 bits per heavy atom. The van der Waals surface area contributed by atoms with Gasteiger partial charge < -0.3 is 14.4 Å². The Hall–Kier alpha value is -2.91. The third-order valence-corrected chi connectivity index (χ3v) is 6.62. The van der Waals surface area contributed by atoms with Crippen molar-refractivity contribution < 1.29 is 27.5 Å². The van der Waals surface area contributed by atoms with Crippen LogP contribution in [0.4, 0.5) is 0 Å². The standard InChI is InChI=1S/C21H22N2O6S/c1-30(26,27)23-12-10-22(11-13-23)19(24)14-28-21(25)20-15-6-2-4-8-17(15)29-18-9-5-3-7-16(18)20/h2-9,20H,10-14H2,1H3. The quantitative estimate of drug-likeness (QED) is 0.684. The van der Waals surface area contributed by atoms with Crippen molar-refractivity contribution >= 4 is 21.9 Å². The fraction of sp³-hybridized carbons (Fsp3) is 0.333. The van der Waals surface area contributed by atoms with Crippen molar-refractivity contribution in [1.29, 1.82) is 0 Å². The van der Waals surface area contributed by atoms with Gasteiger partial charge in [-0.15, -0.1) is 0 Å². The lowest BCUT2D eigenvalue weighted by atomic mass is 9.88. The molecule has 0 aliphatic carbocycles. The Balaban J connectivity index is 1.43. The highest BCUT2D eigenvalue weighted by Crippen LogP contribution is 2.44. The summed E-state index contributed by atoms with van der Waals surface area (Å²) in [4.78, 5) is 27.0. The lowest BCUT2D eigenvalue weighted by Gasteiger charge is -2.33. The number of benzene rings is 2. The largest absolute Gasteiger partial charge is 0.457 e. The van der Waals surface area contributed by atoms with Gasteiger partial charge in [0.05, 0.1) is 6.26 Å². The Bertz CT molecular complexity index is 1030. The topological polar surface area (TPSA) is 93.2 Å². The first-order valence-corrected chi connectivity index (χ1v) is 11.4. The molecule has 2 aliphatic heterocycles. The van der Waals surface area contributed by atoms with Crippen molar-refractivity contribution in [2.24, 2.45) is 0 Å². The molecule has 1 saturated heterocycles. The average molecular weight is 430 g/mol. The van der Waals surface area contributed by atoms with Crippen molar-refractivity contribution in [3.63, 3.8) is 0 Å². The van der Waals surface area contributed by atoms with Gasteiger partial charge in [-0.05, 0) is 12.1 Å². The second-order valence-corrected chi connectivity index (χ2v) is 9.24. The SMILES string of the molecule is CS(=O)(=O)N1CCN(C(=O)COC(=O)C2c3ccccc3Oc3ccccc32)CC1. The maximum absolute atomic E-state index is 13.0. The van der Waals surface area contributed by atoms with Crippen molar-refractivity contribution in [2.75, 3.05) is 39.0 Å².